The van der Waals surface area contributed by atoms with Crippen LogP contribution in [0.4, 0.5) is 0 Å². The van der Waals surface area contributed by atoms with E-state index in [0.29, 0.717) is 5.92 Å². The standard InChI is InChI=1S/C14H25N3/c1-11(2)14(15)13-8-16-10-17(13)9-12-6-4-3-5-7-12/h8,10-12,14H,3-7,9,15H2,1-2H3. The van der Waals surface area contributed by atoms with Crippen molar-refractivity contribution in [2.24, 2.45) is 17.6 Å². The van der Waals surface area contributed by atoms with Crippen LogP contribution in [0.25, 0.3) is 0 Å². The van der Waals surface area contributed by atoms with Crippen molar-refractivity contribution < 1.29 is 0 Å². The zero-order valence-corrected chi connectivity index (χ0v) is 11.1. The van der Waals surface area contributed by atoms with E-state index in [1.807, 2.05) is 12.5 Å². The number of imidazole rings is 1. The van der Waals surface area contributed by atoms with Crippen LogP contribution in [0.1, 0.15) is 57.7 Å². The molecule has 1 aliphatic rings. The van der Waals surface area contributed by atoms with Gasteiger partial charge in [-0.3, -0.25) is 0 Å². The van der Waals surface area contributed by atoms with Gasteiger partial charge in [0.15, 0.2) is 0 Å². The van der Waals surface area contributed by atoms with Gasteiger partial charge >= 0.3 is 0 Å². The first-order valence-corrected chi connectivity index (χ1v) is 6.94. The van der Waals surface area contributed by atoms with Gasteiger partial charge in [0.1, 0.15) is 0 Å². The smallest absolute Gasteiger partial charge is 0.0948 e. The highest BCUT2D eigenvalue weighted by atomic mass is 15.1. The molecule has 1 heterocycles. The van der Waals surface area contributed by atoms with Gasteiger partial charge in [0.05, 0.1) is 12.0 Å². The summed E-state index contributed by atoms with van der Waals surface area (Å²) in [4.78, 5) is 4.27. The van der Waals surface area contributed by atoms with Crippen molar-refractivity contribution >= 4 is 0 Å². The monoisotopic (exact) mass is 235 g/mol. The Morgan fingerprint density at radius 1 is 1.35 bits per heavy atom. The zero-order chi connectivity index (χ0) is 12.3. The summed E-state index contributed by atoms with van der Waals surface area (Å²) in [6, 6.07) is 0.112. The number of rotatable bonds is 4. The highest BCUT2D eigenvalue weighted by Gasteiger charge is 2.19. The molecule has 2 rings (SSSR count). The van der Waals surface area contributed by atoms with Gasteiger partial charge in [-0.2, -0.15) is 0 Å². The molecular formula is C14H25N3. The molecule has 0 amide bonds. The average Bonchev–Trinajstić information content (AvgIpc) is 2.77. The van der Waals surface area contributed by atoms with Gasteiger partial charge in [-0.25, -0.2) is 4.98 Å². The van der Waals surface area contributed by atoms with Crippen molar-refractivity contribution in [2.75, 3.05) is 0 Å². The molecular weight excluding hydrogens is 210 g/mol. The van der Waals surface area contributed by atoms with Crippen LogP contribution in [-0.4, -0.2) is 9.55 Å². The van der Waals surface area contributed by atoms with Crippen LogP contribution < -0.4 is 5.73 Å². The molecule has 1 saturated carbocycles. The van der Waals surface area contributed by atoms with Gasteiger partial charge < -0.3 is 10.3 Å². The van der Waals surface area contributed by atoms with Gasteiger partial charge in [0.2, 0.25) is 0 Å². The Hall–Kier alpha value is -0.830. The minimum Gasteiger partial charge on any atom is -0.333 e. The van der Waals surface area contributed by atoms with E-state index in [2.05, 4.69) is 23.4 Å². The third-order valence-electron chi connectivity index (χ3n) is 3.98. The van der Waals surface area contributed by atoms with Crippen molar-refractivity contribution in [3.8, 4) is 0 Å². The Morgan fingerprint density at radius 2 is 2.06 bits per heavy atom. The number of hydrogen-bond donors (Lipinski definition) is 1. The normalized spacial score (nSPS) is 19.8. The van der Waals surface area contributed by atoms with E-state index in [0.717, 1.165) is 12.5 Å². The van der Waals surface area contributed by atoms with Crippen LogP contribution in [0.3, 0.4) is 0 Å². The average molecular weight is 235 g/mol. The highest BCUT2D eigenvalue weighted by molar-refractivity contribution is 5.05. The lowest BCUT2D eigenvalue weighted by Crippen LogP contribution is -2.22. The molecule has 3 heteroatoms. The van der Waals surface area contributed by atoms with E-state index < -0.39 is 0 Å². The van der Waals surface area contributed by atoms with Gasteiger partial charge in [-0.1, -0.05) is 33.1 Å². The summed E-state index contributed by atoms with van der Waals surface area (Å²) in [5.41, 5.74) is 7.43. The minimum atomic E-state index is 0.112. The van der Waals surface area contributed by atoms with E-state index in [4.69, 9.17) is 5.73 Å². The molecule has 17 heavy (non-hydrogen) atoms. The summed E-state index contributed by atoms with van der Waals surface area (Å²) < 4.78 is 2.28. The first-order chi connectivity index (χ1) is 8.18. The van der Waals surface area contributed by atoms with E-state index in [1.165, 1.54) is 37.8 Å². The summed E-state index contributed by atoms with van der Waals surface area (Å²) in [7, 11) is 0. The maximum absolute atomic E-state index is 6.23. The number of nitrogens with zero attached hydrogens (tertiary/aromatic N) is 2. The lowest BCUT2D eigenvalue weighted by Gasteiger charge is -2.24. The first kappa shape index (κ1) is 12.6. The molecule has 1 unspecified atom stereocenters. The van der Waals surface area contributed by atoms with Gasteiger partial charge in [0, 0.05) is 18.8 Å². The Labute approximate surface area is 104 Å². The third-order valence-corrected chi connectivity index (χ3v) is 3.98. The molecule has 1 atom stereocenters. The van der Waals surface area contributed by atoms with Crippen LogP contribution in [0.5, 0.6) is 0 Å². The summed E-state index contributed by atoms with van der Waals surface area (Å²) in [6.07, 6.45) is 10.8. The van der Waals surface area contributed by atoms with E-state index in [-0.39, 0.29) is 6.04 Å². The summed E-state index contributed by atoms with van der Waals surface area (Å²) in [6.45, 7) is 5.45. The Bertz CT molecular complexity index is 337. The topological polar surface area (TPSA) is 43.8 Å². The fourth-order valence-corrected chi connectivity index (χ4v) is 2.75. The van der Waals surface area contributed by atoms with Crippen molar-refractivity contribution in [1.82, 2.24) is 9.55 Å². The molecule has 0 spiro atoms. The molecule has 2 N–H and O–H groups in total. The molecule has 1 fully saturated rings. The fraction of sp³-hybridized carbons (Fsp3) is 0.786. The van der Waals surface area contributed by atoms with Gasteiger partial charge in [0.25, 0.3) is 0 Å². The van der Waals surface area contributed by atoms with Crippen molar-refractivity contribution in [3.63, 3.8) is 0 Å². The van der Waals surface area contributed by atoms with Gasteiger partial charge in [-0.15, -0.1) is 0 Å². The SMILES string of the molecule is CC(C)C(N)c1cncn1CC1CCCCC1. The third kappa shape index (κ3) is 3.09. The minimum absolute atomic E-state index is 0.112. The number of aromatic nitrogens is 2. The molecule has 96 valence electrons. The van der Waals surface area contributed by atoms with Crippen molar-refractivity contribution in [1.29, 1.82) is 0 Å². The molecule has 0 bridgehead atoms. The van der Waals surface area contributed by atoms with E-state index in [1.54, 1.807) is 0 Å². The van der Waals surface area contributed by atoms with Crippen LogP contribution in [0.15, 0.2) is 12.5 Å². The first-order valence-electron chi connectivity index (χ1n) is 6.94. The maximum atomic E-state index is 6.23. The summed E-state index contributed by atoms with van der Waals surface area (Å²) in [5.74, 6) is 1.30. The fourth-order valence-electron chi connectivity index (χ4n) is 2.75. The second-order valence-corrected chi connectivity index (χ2v) is 5.74. The molecule has 1 aromatic heterocycles. The van der Waals surface area contributed by atoms with Gasteiger partial charge in [-0.05, 0) is 24.7 Å². The Kier molecular flexibility index (Phi) is 4.21. The predicted octanol–water partition coefficient (Wildman–Crippen LogP) is 3.12. The van der Waals surface area contributed by atoms with Crippen molar-refractivity contribution in [2.45, 2.75) is 58.5 Å². The van der Waals surface area contributed by atoms with Crippen LogP contribution in [0.2, 0.25) is 0 Å². The molecule has 0 aliphatic heterocycles. The van der Waals surface area contributed by atoms with Crippen LogP contribution in [0, 0.1) is 11.8 Å². The Balaban J connectivity index is 2.02. The van der Waals surface area contributed by atoms with Crippen LogP contribution >= 0.6 is 0 Å². The quantitative estimate of drug-likeness (QED) is 0.871. The highest BCUT2D eigenvalue weighted by Crippen LogP contribution is 2.27. The maximum Gasteiger partial charge on any atom is 0.0948 e. The molecule has 1 aliphatic carbocycles. The zero-order valence-electron chi connectivity index (χ0n) is 11.1. The largest absolute Gasteiger partial charge is 0.333 e. The second kappa shape index (κ2) is 5.67. The van der Waals surface area contributed by atoms with E-state index in [9.17, 15) is 0 Å². The van der Waals surface area contributed by atoms with Crippen LogP contribution in [-0.2, 0) is 6.54 Å². The molecule has 1 aromatic rings. The Morgan fingerprint density at radius 3 is 2.71 bits per heavy atom. The second-order valence-electron chi connectivity index (χ2n) is 5.74. The summed E-state index contributed by atoms with van der Waals surface area (Å²) in [5, 5.41) is 0. The number of nitrogens with two attached hydrogens (primary N) is 1. The lowest BCUT2D eigenvalue weighted by molar-refractivity contribution is 0.311. The molecule has 0 radical (unpaired) electrons. The molecule has 0 saturated heterocycles. The van der Waals surface area contributed by atoms with E-state index >= 15 is 0 Å². The lowest BCUT2D eigenvalue weighted by atomic mass is 9.89. The predicted molar refractivity (Wildman–Crippen MR) is 70.6 cm³/mol. The molecule has 3 nitrogen and oxygen atoms in total. The number of hydrogen-bond acceptors (Lipinski definition) is 2. The van der Waals surface area contributed by atoms with Crippen molar-refractivity contribution in [3.05, 3.63) is 18.2 Å². The summed E-state index contributed by atoms with van der Waals surface area (Å²) >= 11 is 0. The molecule has 0 aromatic carbocycles.